The minimum absolute atomic E-state index is 0.139. The van der Waals surface area contributed by atoms with E-state index in [1.54, 1.807) is 0 Å². The summed E-state index contributed by atoms with van der Waals surface area (Å²) in [7, 11) is -0.804. The van der Waals surface area contributed by atoms with E-state index in [1.807, 2.05) is 66.7 Å². The average molecular weight is 508 g/mol. The lowest BCUT2D eigenvalue weighted by molar-refractivity contribution is -0.144. The first-order valence-electron chi connectivity index (χ1n) is 12.5. The molecule has 1 heterocycles. The average Bonchev–Trinajstić information content (AvgIpc) is 2.89. The van der Waals surface area contributed by atoms with Gasteiger partial charge in [0, 0.05) is 48.6 Å². The number of ketones is 1. The second kappa shape index (κ2) is 9.08. The van der Waals surface area contributed by atoms with E-state index in [9.17, 15) is 14.4 Å². The molecule has 2 atom stereocenters. The molecule has 190 valence electrons. The fourth-order valence-corrected chi connectivity index (χ4v) is 5.67. The molecule has 1 saturated heterocycles. The quantitative estimate of drug-likeness (QED) is 0.172. The van der Waals surface area contributed by atoms with E-state index < -0.39 is 30.8 Å². The molecule has 1 fully saturated rings. The molecule has 0 amide bonds. The van der Waals surface area contributed by atoms with Crippen molar-refractivity contribution in [3.05, 3.63) is 77.9 Å². The Balaban J connectivity index is 1.67. The number of ether oxygens (including phenoxy) is 2. The molecule has 0 saturated carbocycles. The van der Waals surface area contributed by atoms with Gasteiger partial charge in [-0.05, 0) is 35.3 Å². The summed E-state index contributed by atoms with van der Waals surface area (Å²) in [5.74, 6) is -0.473. The number of fused-ring (bicyclic) bond motifs is 6. The van der Waals surface area contributed by atoms with E-state index in [-0.39, 0.29) is 18.6 Å². The summed E-state index contributed by atoms with van der Waals surface area (Å²) in [6.45, 7) is 4.18. The van der Waals surface area contributed by atoms with Crippen molar-refractivity contribution < 1.29 is 33.2 Å². The second-order valence-corrected chi connectivity index (χ2v) is 9.90. The highest BCUT2D eigenvalue weighted by Gasteiger charge is 2.54. The van der Waals surface area contributed by atoms with E-state index in [1.165, 1.54) is 20.8 Å². The maximum Gasteiger partial charge on any atom is 0.495 e. The number of carbonyl (C=O) groups is 3. The van der Waals surface area contributed by atoms with E-state index in [2.05, 4.69) is 0 Å². The lowest BCUT2D eigenvalue weighted by atomic mass is 9.67. The number of hydrogen-bond acceptors (Lipinski definition) is 7. The van der Waals surface area contributed by atoms with Crippen molar-refractivity contribution in [1.82, 2.24) is 0 Å². The molecule has 0 spiro atoms. The van der Waals surface area contributed by atoms with Crippen LogP contribution >= 0.6 is 0 Å². The standard InChI is InChI=1S/C30H25BO7/c1-17(32)30-15-25-27(26(16-30)37-31(38-30)22-11-5-4-6-12-22)29(36-19(3)34)24-14-21-10-8-7-9-20(21)13-23(24)28(25)35-18(2)33/h4-14,26H,15-16H2,1-3H3/t26-,30+/m1/s1. The fraction of sp³-hybridized carbons (Fsp3) is 0.233. The van der Waals surface area contributed by atoms with E-state index in [0.29, 0.717) is 33.4 Å². The molecule has 4 aromatic carbocycles. The van der Waals surface area contributed by atoms with Gasteiger partial charge in [0.25, 0.3) is 0 Å². The van der Waals surface area contributed by atoms with Gasteiger partial charge >= 0.3 is 19.1 Å². The van der Waals surface area contributed by atoms with Crippen LogP contribution in [-0.4, -0.2) is 30.4 Å². The highest BCUT2D eigenvalue weighted by molar-refractivity contribution is 6.61. The van der Waals surface area contributed by atoms with Crippen LogP contribution in [0, 0.1) is 0 Å². The molecular weight excluding hydrogens is 483 g/mol. The van der Waals surface area contributed by atoms with Gasteiger partial charge in [0.1, 0.15) is 17.1 Å². The van der Waals surface area contributed by atoms with Gasteiger partial charge in [-0.1, -0.05) is 54.6 Å². The van der Waals surface area contributed by atoms with Crippen LogP contribution in [0.3, 0.4) is 0 Å². The van der Waals surface area contributed by atoms with Gasteiger partial charge in [0.05, 0.1) is 6.10 Å². The third kappa shape index (κ3) is 3.97. The maximum absolute atomic E-state index is 13.2. The highest BCUT2D eigenvalue weighted by Crippen LogP contribution is 2.54. The Hall–Kier alpha value is -4.01. The van der Waals surface area contributed by atoms with Gasteiger partial charge < -0.3 is 18.8 Å². The van der Waals surface area contributed by atoms with Crippen molar-refractivity contribution in [1.29, 1.82) is 0 Å². The summed E-state index contributed by atoms with van der Waals surface area (Å²) in [6, 6.07) is 21.0. The Morgan fingerprint density at radius 2 is 1.42 bits per heavy atom. The lowest BCUT2D eigenvalue weighted by Gasteiger charge is -2.47. The van der Waals surface area contributed by atoms with Crippen LogP contribution in [0.1, 0.15) is 44.4 Å². The van der Waals surface area contributed by atoms with Gasteiger partial charge in [-0.15, -0.1) is 0 Å². The number of Topliss-reactive ketones (excluding diaryl/α,β-unsaturated/α-hetero) is 1. The Morgan fingerprint density at radius 1 is 0.842 bits per heavy atom. The molecule has 2 bridgehead atoms. The number of hydrogen-bond donors (Lipinski definition) is 0. The summed E-state index contributed by atoms with van der Waals surface area (Å²) < 4.78 is 24.6. The van der Waals surface area contributed by atoms with Crippen molar-refractivity contribution in [3.8, 4) is 11.5 Å². The Bertz CT molecular complexity index is 1630. The molecule has 0 N–H and O–H groups in total. The van der Waals surface area contributed by atoms with E-state index >= 15 is 0 Å². The second-order valence-electron chi connectivity index (χ2n) is 9.90. The Morgan fingerprint density at radius 3 is 2.03 bits per heavy atom. The molecule has 0 unspecified atom stereocenters. The van der Waals surface area contributed by atoms with E-state index in [4.69, 9.17) is 18.8 Å². The normalized spacial score (nSPS) is 20.2. The summed E-state index contributed by atoms with van der Waals surface area (Å²) in [4.78, 5) is 37.9. The molecule has 1 aliphatic heterocycles. The summed E-state index contributed by atoms with van der Waals surface area (Å²) in [5.41, 5.74) is 0.730. The Labute approximate surface area is 219 Å². The van der Waals surface area contributed by atoms with Crippen LogP contribution in [0.25, 0.3) is 21.5 Å². The van der Waals surface area contributed by atoms with Gasteiger partial charge in [0.15, 0.2) is 5.78 Å². The first-order chi connectivity index (χ1) is 18.3. The van der Waals surface area contributed by atoms with Crippen molar-refractivity contribution >= 4 is 51.8 Å². The third-order valence-corrected chi connectivity index (χ3v) is 7.34. The number of carbonyl (C=O) groups excluding carboxylic acids is 3. The largest absolute Gasteiger partial charge is 0.495 e. The topological polar surface area (TPSA) is 88.1 Å². The molecule has 0 aromatic heterocycles. The lowest BCUT2D eigenvalue weighted by Crippen LogP contribution is -2.58. The smallest absolute Gasteiger partial charge is 0.426 e. The van der Waals surface area contributed by atoms with Gasteiger partial charge in [-0.3, -0.25) is 14.4 Å². The summed E-state index contributed by atoms with van der Waals surface area (Å²) in [5, 5.41) is 3.09. The Kier molecular flexibility index (Phi) is 5.81. The summed E-state index contributed by atoms with van der Waals surface area (Å²) in [6.07, 6.45) is -0.271. The molecule has 0 radical (unpaired) electrons. The number of benzene rings is 4. The molecule has 6 rings (SSSR count). The van der Waals surface area contributed by atoms with Gasteiger partial charge in [0.2, 0.25) is 0 Å². The van der Waals surface area contributed by atoms with Crippen LogP contribution in [0.4, 0.5) is 0 Å². The SMILES string of the molecule is CC(=O)Oc1c2c(c(OC(C)=O)c3cc4ccccc4cc13)[C@H]1C[C@](C(C)=O)(C2)OB(c2ccccc2)O1. The first kappa shape index (κ1) is 24.3. The predicted molar refractivity (Wildman–Crippen MR) is 143 cm³/mol. The van der Waals surface area contributed by atoms with Crippen molar-refractivity contribution in [2.45, 2.75) is 45.3 Å². The van der Waals surface area contributed by atoms with Crippen LogP contribution in [0.15, 0.2) is 66.7 Å². The monoisotopic (exact) mass is 508 g/mol. The van der Waals surface area contributed by atoms with Crippen molar-refractivity contribution in [3.63, 3.8) is 0 Å². The molecular formula is C30H25BO7. The molecule has 2 aliphatic rings. The minimum Gasteiger partial charge on any atom is -0.426 e. The third-order valence-electron chi connectivity index (χ3n) is 7.34. The van der Waals surface area contributed by atoms with Crippen LogP contribution < -0.4 is 14.9 Å². The van der Waals surface area contributed by atoms with Gasteiger partial charge in [-0.2, -0.15) is 0 Å². The van der Waals surface area contributed by atoms with Crippen molar-refractivity contribution in [2.24, 2.45) is 0 Å². The minimum atomic E-state index is -1.21. The zero-order valence-corrected chi connectivity index (χ0v) is 21.3. The van der Waals surface area contributed by atoms with Gasteiger partial charge in [-0.25, -0.2) is 0 Å². The fourth-order valence-electron chi connectivity index (χ4n) is 5.67. The molecule has 1 aliphatic carbocycles. The first-order valence-corrected chi connectivity index (χ1v) is 12.5. The van der Waals surface area contributed by atoms with E-state index in [0.717, 1.165) is 16.2 Å². The number of esters is 2. The zero-order chi connectivity index (χ0) is 26.6. The van der Waals surface area contributed by atoms with Crippen molar-refractivity contribution in [2.75, 3.05) is 0 Å². The van der Waals surface area contributed by atoms with Crippen LogP contribution in [0.5, 0.6) is 11.5 Å². The predicted octanol–water partition coefficient (Wildman–Crippen LogP) is 4.60. The zero-order valence-electron chi connectivity index (χ0n) is 21.3. The molecule has 4 aromatic rings. The molecule has 38 heavy (non-hydrogen) atoms. The molecule has 8 heteroatoms. The summed E-state index contributed by atoms with van der Waals surface area (Å²) >= 11 is 0. The molecule has 7 nitrogen and oxygen atoms in total. The van der Waals surface area contributed by atoms with Crippen LogP contribution in [-0.2, 0) is 30.1 Å². The maximum atomic E-state index is 13.2. The highest BCUT2D eigenvalue weighted by atomic mass is 16.6. The number of rotatable bonds is 4. The van der Waals surface area contributed by atoms with Crippen LogP contribution in [0.2, 0.25) is 0 Å².